The molecule has 2 heterocycles. The lowest BCUT2D eigenvalue weighted by Crippen LogP contribution is -2.62. The van der Waals surface area contributed by atoms with Gasteiger partial charge >= 0.3 is 6.03 Å². The maximum atomic E-state index is 12.6. The number of amides is 3. The number of urea groups is 1. The third-order valence-electron chi connectivity index (χ3n) is 7.73. The second-order valence-electron chi connectivity index (χ2n) is 10.3. The number of nitrogens with one attached hydrogen (secondary N) is 2. The molecule has 0 radical (unpaired) electrons. The van der Waals surface area contributed by atoms with E-state index in [2.05, 4.69) is 15.6 Å². The molecule has 1 aromatic heterocycles. The van der Waals surface area contributed by atoms with Crippen LogP contribution in [0.2, 0.25) is 0 Å². The molecule has 0 spiro atoms. The van der Waals surface area contributed by atoms with Crippen LogP contribution >= 0.6 is 11.8 Å². The lowest BCUT2D eigenvalue weighted by atomic mass is 9.53. The van der Waals surface area contributed by atoms with Crippen molar-refractivity contribution in [3.63, 3.8) is 0 Å². The van der Waals surface area contributed by atoms with Gasteiger partial charge in [0.25, 0.3) is 0 Å². The molecule has 6 rings (SSSR count). The first-order valence-electron chi connectivity index (χ1n) is 12.0. The van der Waals surface area contributed by atoms with Gasteiger partial charge in [0.2, 0.25) is 15.9 Å². The van der Waals surface area contributed by atoms with Crippen molar-refractivity contribution in [3.8, 4) is 0 Å². The lowest BCUT2D eigenvalue weighted by Gasteiger charge is -2.56. The highest BCUT2D eigenvalue weighted by atomic mass is 32.2. The van der Waals surface area contributed by atoms with Crippen molar-refractivity contribution in [3.05, 3.63) is 18.3 Å². The Morgan fingerprint density at radius 1 is 1.09 bits per heavy atom. The molecule has 2 N–H and O–H groups in total. The van der Waals surface area contributed by atoms with Crippen LogP contribution in [0.4, 0.5) is 4.79 Å². The van der Waals surface area contributed by atoms with Gasteiger partial charge in [-0.3, -0.25) is 10.1 Å². The van der Waals surface area contributed by atoms with E-state index in [9.17, 15) is 18.0 Å². The smallest absolute Gasteiger partial charge is 0.321 e. The maximum absolute atomic E-state index is 12.6. The fraction of sp³-hybridized carbons (Fsp3) is 0.696. The van der Waals surface area contributed by atoms with E-state index in [1.807, 2.05) is 0 Å². The molecule has 8 nitrogen and oxygen atoms in total. The minimum atomic E-state index is -3.51. The molecule has 1 aliphatic heterocycles. The molecule has 4 bridgehead atoms. The van der Waals surface area contributed by atoms with Gasteiger partial charge < -0.3 is 5.32 Å². The number of thioether (sulfide) groups is 1. The van der Waals surface area contributed by atoms with Crippen LogP contribution in [-0.4, -0.2) is 53.5 Å². The van der Waals surface area contributed by atoms with Crippen LogP contribution in [0.3, 0.4) is 0 Å². The summed E-state index contributed by atoms with van der Waals surface area (Å²) in [6.45, 7) is 2.80. The standard InChI is InChI=1S/C23H32N4O4S2/c1-15(32-20-5-4-19(14-24-20)33(30,31)27-6-2-3-7-27)21(28)25-22(29)26-23-11-16-8-17(12-23)10-18(9-16)13-23/h4-5,14-18H,2-3,6-13H2,1H3,(H2,25,26,28,29)/t15-,16?,17?,18?,23?/m0/s1. The first-order valence-corrected chi connectivity index (χ1v) is 14.3. The molecule has 33 heavy (non-hydrogen) atoms. The summed E-state index contributed by atoms with van der Waals surface area (Å²) in [5.74, 6) is 1.76. The van der Waals surface area contributed by atoms with Crippen molar-refractivity contribution in [1.82, 2.24) is 19.9 Å². The molecule has 3 amide bonds. The summed E-state index contributed by atoms with van der Waals surface area (Å²) in [5, 5.41) is 5.67. The normalized spacial score (nSPS) is 32.0. The van der Waals surface area contributed by atoms with Gasteiger partial charge in [0.15, 0.2) is 0 Å². The quantitative estimate of drug-likeness (QED) is 0.591. The predicted octanol–water partition coefficient (Wildman–Crippen LogP) is 3.14. The van der Waals surface area contributed by atoms with E-state index in [4.69, 9.17) is 0 Å². The largest absolute Gasteiger partial charge is 0.332 e. The highest BCUT2D eigenvalue weighted by molar-refractivity contribution is 8.00. The zero-order valence-electron chi connectivity index (χ0n) is 19.0. The van der Waals surface area contributed by atoms with E-state index in [0.717, 1.165) is 32.1 Å². The summed E-state index contributed by atoms with van der Waals surface area (Å²) >= 11 is 1.20. The number of carbonyl (C=O) groups excluding carboxylic acids is 2. The van der Waals surface area contributed by atoms with E-state index >= 15 is 0 Å². The third-order valence-corrected chi connectivity index (χ3v) is 10.7. The molecule has 4 aliphatic carbocycles. The Morgan fingerprint density at radius 2 is 1.70 bits per heavy atom. The first-order chi connectivity index (χ1) is 15.7. The predicted molar refractivity (Wildman–Crippen MR) is 125 cm³/mol. The number of imide groups is 1. The molecule has 10 heteroatoms. The Morgan fingerprint density at radius 3 is 2.24 bits per heavy atom. The highest BCUT2D eigenvalue weighted by Gasteiger charge is 2.51. The zero-order valence-corrected chi connectivity index (χ0v) is 20.6. The van der Waals surface area contributed by atoms with Crippen LogP contribution in [0.5, 0.6) is 0 Å². The van der Waals surface area contributed by atoms with Gasteiger partial charge in [0, 0.05) is 24.8 Å². The van der Waals surface area contributed by atoms with E-state index in [-0.39, 0.29) is 16.3 Å². The molecule has 5 aliphatic rings. The zero-order chi connectivity index (χ0) is 23.2. The van der Waals surface area contributed by atoms with Crippen molar-refractivity contribution in [1.29, 1.82) is 0 Å². The van der Waals surface area contributed by atoms with Crippen LogP contribution in [0.25, 0.3) is 0 Å². The van der Waals surface area contributed by atoms with E-state index in [0.29, 0.717) is 35.9 Å². The van der Waals surface area contributed by atoms with Crippen molar-refractivity contribution in [2.45, 2.75) is 79.0 Å². The number of aromatic nitrogens is 1. The lowest BCUT2D eigenvalue weighted by molar-refractivity contribution is -0.119. The van der Waals surface area contributed by atoms with Crippen molar-refractivity contribution in [2.75, 3.05) is 13.1 Å². The fourth-order valence-electron chi connectivity index (χ4n) is 6.65. The van der Waals surface area contributed by atoms with E-state index in [1.54, 1.807) is 13.0 Å². The number of pyridine rings is 1. The summed E-state index contributed by atoms with van der Waals surface area (Å²) in [6, 6.07) is 2.75. The number of sulfonamides is 1. The maximum Gasteiger partial charge on any atom is 0.321 e. The molecule has 4 saturated carbocycles. The van der Waals surface area contributed by atoms with E-state index in [1.165, 1.54) is 47.6 Å². The number of carbonyl (C=O) groups is 2. The van der Waals surface area contributed by atoms with Crippen LogP contribution in [-0.2, 0) is 14.8 Å². The molecule has 1 aromatic rings. The summed E-state index contributed by atoms with van der Waals surface area (Å²) in [4.78, 5) is 29.7. The van der Waals surface area contributed by atoms with E-state index < -0.39 is 21.3 Å². The minimum absolute atomic E-state index is 0.145. The molecule has 5 fully saturated rings. The number of hydrogen-bond donors (Lipinski definition) is 2. The Bertz CT molecular complexity index is 986. The SMILES string of the molecule is C[C@H](Sc1ccc(S(=O)(=O)N2CCCC2)cn1)C(=O)NC(=O)NC12CC3CC(CC(C3)C1)C2. The van der Waals surface area contributed by atoms with Gasteiger partial charge in [-0.25, -0.2) is 18.2 Å². The van der Waals surface area contributed by atoms with Crippen molar-refractivity contribution >= 4 is 33.7 Å². The number of rotatable bonds is 6. The van der Waals surface area contributed by atoms with Gasteiger partial charge in [-0.1, -0.05) is 11.8 Å². The molecule has 0 unspecified atom stereocenters. The molecule has 0 aromatic carbocycles. The molecule has 1 atom stereocenters. The number of hydrogen-bond acceptors (Lipinski definition) is 6. The topological polar surface area (TPSA) is 108 Å². The second-order valence-corrected chi connectivity index (χ2v) is 13.6. The molecule has 180 valence electrons. The Kier molecular flexibility index (Phi) is 6.20. The van der Waals surface area contributed by atoms with Gasteiger partial charge in [-0.05, 0) is 88.2 Å². The Labute approximate surface area is 199 Å². The first kappa shape index (κ1) is 23.1. The summed E-state index contributed by atoms with van der Waals surface area (Å²) in [5.41, 5.74) is -0.145. The van der Waals surface area contributed by atoms with Gasteiger partial charge in [-0.2, -0.15) is 4.31 Å². The van der Waals surface area contributed by atoms with Gasteiger partial charge in [-0.15, -0.1) is 0 Å². The van der Waals surface area contributed by atoms with Crippen LogP contribution in [0.1, 0.15) is 58.3 Å². The van der Waals surface area contributed by atoms with Crippen LogP contribution in [0.15, 0.2) is 28.3 Å². The third kappa shape index (κ3) is 4.79. The molecule has 1 saturated heterocycles. The number of nitrogens with zero attached hydrogens (tertiary/aromatic N) is 2. The summed E-state index contributed by atoms with van der Waals surface area (Å²) in [6.07, 6.45) is 10.1. The Hall–Kier alpha value is -1.65. The van der Waals surface area contributed by atoms with Gasteiger partial charge in [0.05, 0.1) is 10.3 Å². The monoisotopic (exact) mass is 492 g/mol. The Balaban J connectivity index is 1.14. The highest BCUT2D eigenvalue weighted by Crippen LogP contribution is 2.55. The average molecular weight is 493 g/mol. The minimum Gasteiger partial charge on any atom is -0.332 e. The second kappa shape index (κ2) is 8.85. The fourth-order valence-corrected chi connectivity index (χ4v) is 8.90. The van der Waals surface area contributed by atoms with Crippen LogP contribution < -0.4 is 10.6 Å². The summed E-state index contributed by atoms with van der Waals surface area (Å²) in [7, 11) is -3.51. The van der Waals surface area contributed by atoms with Crippen molar-refractivity contribution < 1.29 is 18.0 Å². The molecular formula is C23H32N4O4S2. The van der Waals surface area contributed by atoms with Crippen molar-refractivity contribution in [2.24, 2.45) is 17.8 Å². The van der Waals surface area contributed by atoms with Gasteiger partial charge in [0.1, 0.15) is 4.90 Å². The summed E-state index contributed by atoms with van der Waals surface area (Å²) < 4.78 is 26.7. The van der Waals surface area contributed by atoms with Crippen LogP contribution in [0, 0.1) is 17.8 Å². The molecular weight excluding hydrogens is 460 g/mol. The average Bonchev–Trinajstić information content (AvgIpc) is 3.28.